The zero-order valence-electron chi connectivity index (χ0n) is 15.5. The first-order chi connectivity index (χ1) is 13.0. The monoisotopic (exact) mass is 373 g/mol. The van der Waals surface area contributed by atoms with Crippen LogP contribution in [0.2, 0.25) is 0 Å². The number of amides is 1. The molecule has 8 nitrogen and oxygen atoms in total. The van der Waals surface area contributed by atoms with Crippen molar-refractivity contribution in [2.45, 2.75) is 26.3 Å². The van der Waals surface area contributed by atoms with Gasteiger partial charge >= 0.3 is 11.9 Å². The summed E-state index contributed by atoms with van der Waals surface area (Å²) in [5.74, 6) is -1.83. The number of benzene rings is 1. The normalized spacial score (nSPS) is 12.7. The number of ether oxygens (including phenoxy) is 2. The third-order valence-corrected chi connectivity index (χ3v) is 4.19. The second-order valence-corrected chi connectivity index (χ2v) is 6.03. The Bertz CT molecular complexity index is 771. The van der Waals surface area contributed by atoms with Gasteiger partial charge in [-0.3, -0.25) is 4.79 Å². The van der Waals surface area contributed by atoms with Crippen molar-refractivity contribution in [1.82, 2.24) is 15.1 Å². The molecule has 0 fully saturated rings. The summed E-state index contributed by atoms with van der Waals surface area (Å²) < 4.78 is 11.4. The van der Waals surface area contributed by atoms with Crippen molar-refractivity contribution >= 4 is 17.8 Å². The second-order valence-electron chi connectivity index (χ2n) is 6.03. The first kappa shape index (κ1) is 20.2. The lowest BCUT2D eigenvalue weighted by Crippen LogP contribution is -2.47. The Morgan fingerprint density at radius 2 is 1.93 bits per heavy atom. The molecule has 8 heteroatoms. The highest BCUT2D eigenvalue weighted by Crippen LogP contribution is 2.11. The predicted molar refractivity (Wildman–Crippen MR) is 97.2 cm³/mol. The molecular weight excluding hydrogens is 350 g/mol. The van der Waals surface area contributed by atoms with Gasteiger partial charge in [0.15, 0.2) is 6.61 Å². The maximum atomic E-state index is 12.1. The molecule has 0 aliphatic heterocycles. The Kier molecular flexibility index (Phi) is 7.10. The standard InChI is InChI=1S/C19H23N3O5/c1-4-13(2)17(19(25)26-3)21-16(23)12-27-18(24)14-6-8-15(9-7-14)22-11-5-10-20-22/h5-11,13,17H,4,12H2,1-3H3,(H,21,23)/t13-,17-/m0/s1. The predicted octanol–water partition coefficient (Wildman–Crippen LogP) is 1.73. The van der Waals surface area contributed by atoms with Crippen molar-refractivity contribution in [1.29, 1.82) is 0 Å². The van der Waals surface area contributed by atoms with Gasteiger partial charge in [-0.05, 0) is 36.2 Å². The van der Waals surface area contributed by atoms with E-state index in [2.05, 4.69) is 10.4 Å². The molecule has 0 saturated heterocycles. The van der Waals surface area contributed by atoms with Crippen molar-refractivity contribution < 1.29 is 23.9 Å². The van der Waals surface area contributed by atoms with E-state index in [9.17, 15) is 14.4 Å². The topological polar surface area (TPSA) is 99.5 Å². The first-order valence-corrected chi connectivity index (χ1v) is 8.60. The van der Waals surface area contributed by atoms with Gasteiger partial charge in [-0.15, -0.1) is 0 Å². The zero-order valence-corrected chi connectivity index (χ0v) is 15.5. The van der Waals surface area contributed by atoms with Crippen molar-refractivity contribution in [3.05, 3.63) is 48.3 Å². The molecule has 0 radical (unpaired) electrons. The number of hydrogen-bond donors (Lipinski definition) is 1. The molecule has 0 unspecified atom stereocenters. The number of esters is 2. The summed E-state index contributed by atoms with van der Waals surface area (Å²) in [6, 6.07) is 7.64. The van der Waals surface area contributed by atoms with Gasteiger partial charge in [0.25, 0.3) is 5.91 Å². The van der Waals surface area contributed by atoms with E-state index in [0.29, 0.717) is 12.0 Å². The van der Waals surface area contributed by atoms with Gasteiger partial charge in [-0.2, -0.15) is 5.10 Å². The average molecular weight is 373 g/mol. The van der Waals surface area contributed by atoms with Crippen LogP contribution >= 0.6 is 0 Å². The van der Waals surface area contributed by atoms with Gasteiger partial charge < -0.3 is 14.8 Å². The number of nitrogens with one attached hydrogen (secondary N) is 1. The van der Waals surface area contributed by atoms with E-state index >= 15 is 0 Å². The third kappa shape index (κ3) is 5.40. The van der Waals surface area contributed by atoms with Crippen LogP contribution < -0.4 is 5.32 Å². The van der Waals surface area contributed by atoms with Crippen LogP contribution in [0.3, 0.4) is 0 Å². The quantitative estimate of drug-likeness (QED) is 0.708. The van der Waals surface area contributed by atoms with E-state index in [1.54, 1.807) is 47.4 Å². The molecule has 2 aromatic rings. The summed E-state index contributed by atoms with van der Waals surface area (Å²) in [4.78, 5) is 35.9. The van der Waals surface area contributed by atoms with E-state index in [0.717, 1.165) is 5.69 Å². The fourth-order valence-corrected chi connectivity index (χ4v) is 2.40. The van der Waals surface area contributed by atoms with Gasteiger partial charge in [-0.1, -0.05) is 20.3 Å². The first-order valence-electron chi connectivity index (χ1n) is 8.60. The SMILES string of the molecule is CC[C@H](C)[C@H](NC(=O)COC(=O)c1ccc(-n2cccn2)cc1)C(=O)OC. The van der Waals surface area contributed by atoms with Crippen molar-refractivity contribution in [2.75, 3.05) is 13.7 Å². The summed E-state index contributed by atoms with van der Waals surface area (Å²) in [6.45, 7) is 3.25. The smallest absolute Gasteiger partial charge is 0.338 e. The summed E-state index contributed by atoms with van der Waals surface area (Å²) in [5.41, 5.74) is 1.11. The molecule has 1 heterocycles. The maximum absolute atomic E-state index is 12.1. The second kappa shape index (κ2) is 9.51. The number of methoxy groups -OCH3 is 1. The van der Waals surface area contributed by atoms with Crippen molar-refractivity contribution in [3.63, 3.8) is 0 Å². The van der Waals surface area contributed by atoms with Gasteiger partial charge in [0.1, 0.15) is 6.04 Å². The Morgan fingerprint density at radius 3 is 2.48 bits per heavy atom. The van der Waals surface area contributed by atoms with Crippen molar-refractivity contribution in [3.8, 4) is 5.69 Å². The lowest BCUT2D eigenvalue weighted by Gasteiger charge is -2.21. The minimum Gasteiger partial charge on any atom is -0.467 e. The Morgan fingerprint density at radius 1 is 1.22 bits per heavy atom. The van der Waals surface area contributed by atoms with Crippen LogP contribution in [-0.2, 0) is 19.1 Å². The molecule has 1 amide bonds. The number of nitrogens with zero attached hydrogens (tertiary/aromatic N) is 2. The molecule has 0 aliphatic carbocycles. The van der Waals surface area contributed by atoms with E-state index in [1.807, 2.05) is 13.8 Å². The van der Waals surface area contributed by atoms with Gasteiger partial charge in [-0.25, -0.2) is 14.3 Å². The van der Waals surface area contributed by atoms with Crippen LogP contribution in [0.15, 0.2) is 42.7 Å². The molecule has 1 aromatic heterocycles. The van der Waals surface area contributed by atoms with Crippen LogP contribution in [0.4, 0.5) is 0 Å². The molecule has 2 rings (SSSR count). The molecule has 0 aliphatic rings. The third-order valence-electron chi connectivity index (χ3n) is 4.19. The van der Waals surface area contributed by atoms with Crippen LogP contribution in [0.25, 0.3) is 5.69 Å². The lowest BCUT2D eigenvalue weighted by atomic mass is 9.99. The number of hydrogen-bond acceptors (Lipinski definition) is 6. The number of rotatable bonds is 8. The van der Waals surface area contributed by atoms with E-state index in [4.69, 9.17) is 9.47 Å². The van der Waals surface area contributed by atoms with E-state index in [1.165, 1.54) is 7.11 Å². The molecule has 2 atom stereocenters. The molecule has 1 aromatic carbocycles. The van der Waals surface area contributed by atoms with Crippen LogP contribution in [0.1, 0.15) is 30.6 Å². The molecular formula is C19H23N3O5. The molecule has 27 heavy (non-hydrogen) atoms. The zero-order chi connectivity index (χ0) is 19.8. The molecule has 1 N–H and O–H groups in total. The highest BCUT2D eigenvalue weighted by atomic mass is 16.5. The van der Waals surface area contributed by atoms with Crippen LogP contribution in [0.5, 0.6) is 0 Å². The van der Waals surface area contributed by atoms with Crippen LogP contribution in [0, 0.1) is 5.92 Å². The highest BCUT2D eigenvalue weighted by Gasteiger charge is 2.27. The summed E-state index contributed by atoms with van der Waals surface area (Å²) in [5, 5.41) is 6.65. The van der Waals surface area contributed by atoms with Crippen LogP contribution in [-0.4, -0.2) is 47.4 Å². The Hall–Kier alpha value is -3.16. The van der Waals surface area contributed by atoms with Gasteiger partial charge in [0.2, 0.25) is 0 Å². The summed E-state index contributed by atoms with van der Waals surface area (Å²) in [6.07, 6.45) is 4.12. The molecule has 0 spiro atoms. The Balaban J connectivity index is 1.90. The number of aromatic nitrogens is 2. The minimum absolute atomic E-state index is 0.105. The van der Waals surface area contributed by atoms with Gasteiger partial charge in [0.05, 0.1) is 18.4 Å². The van der Waals surface area contributed by atoms with E-state index in [-0.39, 0.29) is 5.92 Å². The number of carbonyl (C=O) groups is 3. The molecule has 0 saturated carbocycles. The lowest BCUT2D eigenvalue weighted by molar-refractivity contribution is -0.147. The maximum Gasteiger partial charge on any atom is 0.338 e. The highest BCUT2D eigenvalue weighted by molar-refractivity contribution is 5.92. The molecule has 0 bridgehead atoms. The number of carbonyl (C=O) groups excluding carboxylic acids is 3. The molecule has 144 valence electrons. The van der Waals surface area contributed by atoms with Crippen molar-refractivity contribution in [2.24, 2.45) is 5.92 Å². The van der Waals surface area contributed by atoms with E-state index < -0.39 is 30.5 Å². The summed E-state index contributed by atoms with van der Waals surface area (Å²) >= 11 is 0. The summed E-state index contributed by atoms with van der Waals surface area (Å²) in [7, 11) is 1.26. The fourth-order valence-electron chi connectivity index (χ4n) is 2.40. The fraction of sp³-hybridized carbons (Fsp3) is 0.368. The Labute approximate surface area is 157 Å². The average Bonchev–Trinajstić information content (AvgIpc) is 3.24. The van der Waals surface area contributed by atoms with Gasteiger partial charge in [0, 0.05) is 12.4 Å². The largest absolute Gasteiger partial charge is 0.467 e. The minimum atomic E-state index is -0.778.